The van der Waals surface area contributed by atoms with Crippen LogP contribution in [-0.2, 0) is 35.4 Å². The van der Waals surface area contributed by atoms with Crippen molar-refractivity contribution in [1.29, 1.82) is 0 Å². The number of hydrogen-bond acceptors (Lipinski definition) is 7. The van der Waals surface area contributed by atoms with Gasteiger partial charge in [0.2, 0.25) is 5.91 Å². The van der Waals surface area contributed by atoms with E-state index in [0.29, 0.717) is 22.7 Å². The molecule has 10 nitrogen and oxygen atoms in total. The van der Waals surface area contributed by atoms with Crippen LogP contribution in [0.4, 0.5) is 10.7 Å². The molecule has 1 fully saturated rings. The highest BCUT2D eigenvalue weighted by Gasteiger charge is 2.31. The molecule has 3 amide bonds. The summed E-state index contributed by atoms with van der Waals surface area (Å²) < 4.78 is 0. The molecule has 3 aromatic rings. The molecular formula is C43H59N5O5S. The summed E-state index contributed by atoms with van der Waals surface area (Å²) >= 11 is 1.49. The van der Waals surface area contributed by atoms with Gasteiger partial charge in [0.15, 0.2) is 0 Å². The van der Waals surface area contributed by atoms with Gasteiger partial charge in [-0.3, -0.25) is 19.2 Å². The number of nitrogens with zero attached hydrogens (tertiary/aromatic N) is 3. The van der Waals surface area contributed by atoms with Gasteiger partial charge in [0, 0.05) is 61.3 Å². The van der Waals surface area contributed by atoms with Crippen LogP contribution in [-0.4, -0.2) is 89.3 Å². The number of amides is 3. The first-order valence-corrected chi connectivity index (χ1v) is 20.6. The number of likely N-dealkylation sites (N-methyl/N-ethyl adjacent to an activating group) is 1. The first-order valence-electron chi connectivity index (χ1n) is 19.8. The fourth-order valence-corrected chi connectivity index (χ4v) is 8.71. The molecule has 0 saturated carbocycles. The van der Waals surface area contributed by atoms with Crippen LogP contribution in [0.2, 0.25) is 0 Å². The van der Waals surface area contributed by atoms with Gasteiger partial charge in [-0.1, -0.05) is 38.1 Å². The van der Waals surface area contributed by atoms with Gasteiger partial charge in [-0.25, -0.2) is 0 Å². The molecule has 0 atom stereocenters. The van der Waals surface area contributed by atoms with Gasteiger partial charge in [0.25, 0.3) is 11.8 Å². The van der Waals surface area contributed by atoms with Crippen LogP contribution in [0.15, 0.2) is 48.5 Å². The molecule has 1 aromatic heterocycles. The highest BCUT2D eigenvalue weighted by atomic mass is 32.1. The molecule has 1 saturated heterocycles. The fourth-order valence-electron chi connectivity index (χ4n) is 7.42. The van der Waals surface area contributed by atoms with E-state index in [-0.39, 0.29) is 36.6 Å². The lowest BCUT2D eigenvalue weighted by Crippen LogP contribution is -2.44. The summed E-state index contributed by atoms with van der Waals surface area (Å²) in [6, 6.07) is 15.4. The number of aryl methyl sites for hydroxylation is 2. The lowest BCUT2D eigenvalue weighted by molar-refractivity contribution is -0.148. The van der Waals surface area contributed by atoms with Gasteiger partial charge >= 0.3 is 5.97 Å². The molecule has 0 bridgehead atoms. The van der Waals surface area contributed by atoms with E-state index in [1.165, 1.54) is 16.9 Å². The van der Waals surface area contributed by atoms with Gasteiger partial charge in [0.05, 0.1) is 11.0 Å². The van der Waals surface area contributed by atoms with Crippen LogP contribution in [0.1, 0.15) is 115 Å². The third-order valence-corrected chi connectivity index (χ3v) is 12.4. The summed E-state index contributed by atoms with van der Waals surface area (Å²) in [5, 5.41) is 16.3. The summed E-state index contributed by atoms with van der Waals surface area (Å²) in [5.41, 5.74) is 3.80. The zero-order chi connectivity index (χ0) is 38.8. The summed E-state index contributed by atoms with van der Waals surface area (Å²) in [7, 11) is 2.18. The number of anilines is 2. The lowest BCUT2D eigenvalue weighted by Gasteiger charge is -2.32. The molecule has 3 N–H and O–H groups in total. The molecule has 2 aromatic carbocycles. The Morgan fingerprint density at radius 2 is 1.61 bits per heavy atom. The third kappa shape index (κ3) is 10.8. The van der Waals surface area contributed by atoms with Gasteiger partial charge in [0.1, 0.15) is 5.00 Å². The number of carboxylic acid groups (broad SMARTS) is 1. The number of rotatable bonds is 17. The van der Waals surface area contributed by atoms with Crippen LogP contribution in [0.25, 0.3) is 0 Å². The maximum atomic E-state index is 13.9. The average molecular weight is 758 g/mol. The van der Waals surface area contributed by atoms with E-state index < -0.39 is 11.4 Å². The number of hydrogen-bond donors (Lipinski definition) is 3. The van der Waals surface area contributed by atoms with Gasteiger partial charge in [-0.05, 0) is 126 Å². The minimum atomic E-state index is -1.00. The van der Waals surface area contributed by atoms with Gasteiger partial charge < -0.3 is 30.4 Å². The average Bonchev–Trinajstić information content (AvgIpc) is 3.53. The maximum Gasteiger partial charge on any atom is 0.309 e. The topological polar surface area (TPSA) is 122 Å². The highest BCUT2D eigenvalue weighted by molar-refractivity contribution is 7.17. The highest BCUT2D eigenvalue weighted by Crippen LogP contribution is 2.39. The Bertz CT molecular complexity index is 1760. The number of carbonyl (C=O) groups is 4. The Kier molecular flexibility index (Phi) is 14.5. The van der Waals surface area contributed by atoms with Crippen LogP contribution in [0.3, 0.4) is 0 Å². The van der Waals surface area contributed by atoms with E-state index in [0.717, 1.165) is 106 Å². The number of carboxylic acids is 1. The molecule has 292 valence electrons. The number of thiophene rings is 1. The molecule has 0 radical (unpaired) electrons. The minimum absolute atomic E-state index is 0.00944. The molecule has 54 heavy (non-hydrogen) atoms. The van der Waals surface area contributed by atoms with Crippen molar-refractivity contribution in [1.82, 2.24) is 14.7 Å². The number of aliphatic carboxylic acids is 1. The van der Waals surface area contributed by atoms with E-state index in [2.05, 4.69) is 39.6 Å². The van der Waals surface area contributed by atoms with Crippen LogP contribution in [0, 0.1) is 5.41 Å². The van der Waals surface area contributed by atoms with Gasteiger partial charge in [-0.2, -0.15) is 0 Å². The maximum absolute atomic E-state index is 13.9. The smallest absolute Gasteiger partial charge is 0.309 e. The quantitative estimate of drug-likeness (QED) is 0.129. The summed E-state index contributed by atoms with van der Waals surface area (Å²) in [6.45, 7) is 13.3. The van der Waals surface area contributed by atoms with E-state index in [1.807, 2.05) is 43.0 Å². The molecule has 5 rings (SSSR count). The number of benzene rings is 2. The van der Waals surface area contributed by atoms with Crippen LogP contribution in [0.5, 0.6) is 0 Å². The van der Waals surface area contributed by atoms with E-state index in [4.69, 9.17) is 0 Å². The van der Waals surface area contributed by atoms with Crippen molar-refractivity contribution in [3.05, 3.63) is 81.2 Å². The molecule has 0 unspecified atom stereocenters. The Labute approximate surface area is 325 Å². The monoisotopic (exact) mass is 757 g/mol. The van der Waals surface area contributed by atoms with Crippen molar-refractivity contribution in [2.45, 2.75) is 104 Å². The predicted octanol–water partition coefficient (Wildman–Crippen LogP) is 7.72. The second-order valence-corrected chi connectivity index (χ2v) is 16.8. The third-order valence-electron chi connectivity index (χ3n) is 11.2. The van der Waals surface area contributed by atoms with Crippen molar-refractivity contribution in [3.8, 4) is 0 Å². The largest absolute Gasteiger partial charge is 0.481 e. The van der Waals surface area contributed by atoms with Crippen molar-refractivity contribution >= 4 is 45.7 Å². The fraction of sp³-hybridized carbons (Fsp3) is 0.535. The van der Waals surface area contributed by atoms with E-state index in [1.54, 1.807) is 26.0 Å². The molecule has 11 heteroatoms. The zero-order valence-electron chi connectivity index (χ0n) is 32.8. The normalized spacial score (nSPS) is 15.1. The standard InChI is InChI=1S/C43H59N5O5S/c1-6-34(7-2)48(37(49)21-22-43(3,4)42(52)53)29-31-12-10-14-32(28-31)39(50)45-41-38(35-15-8-9-16-36(35)54-41)40(51)44-33-19-17-30(18-20-33)13-11-23-47-26-24-46(5)25-27-47/h10,12,14,17-20,28,34H,6-9,11,13,15-16,21-27,29H2,1-5H3,(H,44,51)(H,45,50)(H,52,53). The molecule has 1 aliphatic carbocycles. The molecule has 2 aliphatic rings. The molecule has 0 spiro atoms. The van der Waals surface area contributed by atoms with Crippen molar-refractivity contribution < 1.29 is 24.3 Å². The second-order valence-electron chi connectivity index (χ2n) is 15.7. The summed E-state index contributed by atoms with van der Waals surface area (Å²) in [6.07, 6.45) is 7.74. The summed E-state index contributed by atoms with van der Waals surface area (Å²) in [4.78, 5) is 60.8. The number of fused-ring (bicyclic) bond motifs is 1. The number of carbonyl (C=O) groups excluding carboxylic acids is 3. The number of piperazine rings is 1. The summed E-state index contributed by atoms with van der Waals surface area (Å²) in [5.74, 6) is -1.55. The van der Waals surface area contributed by atoms with Crippen molar-refractivity contribution in [2.24, 2.45) is 5.41 Å². The number of nitrogens with one attached hydrogen (secondary N) is 2. The molecule has 2 heterocycles. The van der Waals surface area contributed by atoms with Crippen molar-refractivity contribution in [3.63, 3.8) is 0 Å². The Morgan fingerprint density at radius 3 is 2.30 bits per heavy atom. The lowest BCUT2D eigenvalue weighted by atomic mass is 9.87. The minimum Gasteiger partial charge on any atom is -0.481 e. The Hall–Kier alpha value is -4.06. The Morgan fingerprint density at radius 1 is 0.907 bits per heavy atom. The molecular weight excluding hydrogens is 699 g/mol. The zero-order valence-corrected chi connectivity index (χ0v) is 33.7. The Balaban J connectivity index is 1.25. The van der Waals surface area contributed by atoms with Crippen LogP contribution >= 0.6 is 11.3 Å². The van der Waals surface area contributed by atoms with E-state index in [9.17, 15) is 24.3 Å². The first-order chi connectivity index (χ1) is 25.9. The second kappa shape index (κ2) is 19.0. The predicted molar refractivity (Wildman–Crippen MR) is 218 cm³/mol. The van der Waals surface area contributed by atoms with Crippen LogP contribution < -0.4 is 10.6 Å². The van der Waals surface area contributed by atoms with E-state index >= 15 is 0 Å². The molecule has 1 aliphatic heterocycles. The SMILES string of the molecule is CCC(CC)N(Cc1cccc(C(=O)Nc2sc3c(c2C(=O)Nc2ccc(CCCN4CCN(C)CC4)cc2)CCCC3)c1)C(=O)CCC(C)(C)C(=O)O. The van der Waals surface area contributed by atoms with Gasteiger partial charge in [-0.15, -0.1) is 11.3 Å². The first kappa shape index (κ1) is 41.1. The van der Waals surface area contributed by atoms with Crippen molar-refractivity contribution in [2.75, 3.05) is 50.4 Å².